The molecule has 2 heteroatoms. The molecule has 16 heavy (non-hydrogen) atoms. The quantitative estimate of drug-likeness (QED) is 0.591. The van der Waals surface area contributed by atoms with E-state index in [2.05, 4.69) is 13.8 Å². The maximum atomic E-state index is 10.9. The third kappa shape index (κ3) is 7.72. The van der Waals surface area contributed by atoms with Crippen LogP contribution >= 0.6 is 0 Å². The molecule has 0 unspecified atom stereocenters. The average molecular weight is 228 g/mol. The van der Waals surface area contributed by atoms with Gasteiger partial charge in [0.15, 0.2) is 0 Å². The lowest BCUT2D eigenvalue weighted by atomic mass is 9.87. The number of unbranched alkanes of at least 4 members (excludes halogenated alkanes) is 4. The molecule has 0 rings (SSSR count). The van der Waals surface area contributed by atoms with E-state index in [1.165, 1.54) is 32.1 Å². The summed E-state index contributed by atoms with van der Waals surface area (Å²) >= 11 is 0. The molecule has 0 radical (unpaired) electrons. The normalized spacial score (nSPS) is 12.1. The molecule has 0 aromatic rings. The fraction of sp³-hybridized carbons (Fsp3) is 0.929. The highest BCUT2D eigenvalue weighted by atomic mass is 16.4. The molecule has 0 aliphatic rings. The first-order chi connectivity index (χ1) is 7.36. The molecule has 0 amide bonds. The van der Waals surface area contributed by atoms with E-state index in [0.29, 0.717) is 0 Å². The monoisotopic (exact) mass is 228 g/mol. The molecule has 0 heterocycles. The Bertz CT molecular complexity index is 195. The van der Waals surface area contributed by atoms with Crippen LogP contribution in [-0.2, 0) is 4.79 Å². The molecular formula is C14H28O2. The highest BCUT2D eigenvalue weighted by Gasteiger charge is 2.25. The smallest absolute Gasteiger partial charge is 0.309 e. The summed E-state index contributed by atoms with van der Waals surface area (Å²) < 4.78 is 0. The van der Waals surface area contributed by atoms with Crippen molar-refractivity contribution >= 4 is 5.97 Å². The van der Waals surface area contributed by atoms with E-state index in [9.17, 15) is 4.79 Å². The van der Waals surface area contributed by atoms with Crippen molar-refractivity contribution in [1.82, 2.24) is 0 Å². The number of carboxylic acid groups (broad SMARTS) is 1. The fourth-order valence-electron chi connectivity index (χ4n) is 1.76. The molecule has 0 aromatic heterocycles. The van der Waals surface area contributed by atoms with E-state index >= 15 is 0 Å². The minimum absolute atomic E-state index is 0.544. The van der Waals surface area contributed by atoms with Gasteiger partial charge in [0.05, 0.1) is 5.41 Å². The molecule has 0 aliphatic heterocycles. The topological polar surface area (TPSA) is 37.3 Å². The highest BCUT2D eigenvalue weighted by Crippen LogP contribution is 2.24. The molecule has 0 spiro atoms. The van der Waals surface area contributed by atoms with Crippen LogP contribution in [0, 0.1) is 11.3 Å². The predicted molar refractivity (Wildman–Crippen MR) is 68.6 cm³/mol. The zero-order valence-electron chi connectivity index (χ0n) is 11.4. The summed E-state index contributed by atoms with van der Waals surface area (Å²) in [5.41, 5.74) is -0.544. The third-order valence-electron chi connectivity index (χ3n) is 3.16. The molecule has 2 nitrogen and oxygen atoms in total. The van der Waals surface area contributed by atoms with Crippen LogP contribution in [-0.4, -0.2) is 11.1 Å². The number of rotatable bonds is 9. The van der Waals surface area contributed by atoms with Crippen molar-refractivity contribution in [2.45, 2.75) is 72.6 Å². The Morgan fingerprint density at radius 1 is 1.06 bits per heavy atom. The average Bonchev–Trinajstić information content (AvgIpc) is 2.15. The van der Waals surface area contributed by atoms with Crippen LogP contribution in [0.4, 0.5) is 0 Å². The molecule has 0 saturated carbocycles. The van der Waals surface area contributed by atoms with Crippen molar-refractivity contribution in [3.8, 4) is 0 Å². The summed E-state index contributed by atoms with van der Waals surface area (Å²) in [4.78, 5) is 10.9. The van der Waals surface area contributed by atoms with Gasteiger partial charge in [-0.2, -0.15) is 0 Å². The second-order valence-electron chi connectivity index (χ2n) is 5.89. The van der Waals surface area contributed by atoms with E-state index < -0.39 is 11.4 Å². The largest absolute Gasteiger partial charge is 0.481 e. The van der Waals surface area contributed by atoms with Gasteiger partial charge in [0.2, 0.25) is 0 Å². The van der Waals surface area contributed by atoms with Gasteiger partial charge < -0.3 is 5.11 Å². The Morgan fingerprint density at radius 2 is 1.56 bits per heavy atom. The van der Waals surface area contributed by atoms with Gasteiger partial charge >= 0.3 is 5.97 Å². The van der Waals surface area contributed by atoms with Crippen molar-refractivity contribution in [3.05, 3.63) is 0 Å². The molecule has 0 atom stereocenters. The zero-order chi connectivity index (χ0) is 12.6. The minimum atomic E-state index is -0.674. The maximum absolute atomic E-state index is 10.9. The minimum Gasteiger partial charge on any atom is -0.481 e. The van der Waals surface area contributed by atoms with Crippen molar-refractivity contribution in [2.24, 2.45) is 11.3 Å². The predicted octanol–water partition coefficient (Wildman–Crippen LogP) is 4.48. The number of aliphatic carboxylic acids is 1. The molecule has 0 aromatic carbocycles. The van der Waals surface area contributed by atoms with Crippen molar-refractivity contribution < 1.29 is 9.90 Å². The first kappa shape index (κ1) is 15.5. The summed E-state index contributed by atoms with van der Waals surface area (Å²) in [6.45, 7) is 8.15. The highest BCUT2D eigenvalue weighted by molar-refractivity contribution is 5.73. The number of hydrogen-bond donors (Lipinski definition) is 1. The third-order valence-corrected chi connectivity index (χ3v) is 3.16. The van der Waals surface area contributed by atoms with Gasteiger partial charge in [-0.1, -0.05) is 52.4 Å². The van der Waals surface area contributed by atoms with Crippen LogP contribution in [0.15, 0.2) is 0 Å². The van der Waals surface area contributed by atoms with E-state index in [1.807, 2.05) is 13.8 Å². The van der Waals surface area contributed by atoms with Gasteiger partial charge in [0.1, 0.15) is 0 Å². The number of carbonyl (C=O) groups is 1. The van der Waals surface area contributed by atoms with Crippen LogP contribution in [0.3, 0.4) is 0 Å². The maximum Gasteiger partial charge on any atom is 0.309 e. The zero-order valence-corrected chi connectivity index (χ0v) is 11.4. The number of hydrogen-bond acceptors (Lipinski definition) is 1. The van der Waals surface area contributed by atoms with Crippen LogP contribution in [0.5, 0.6) is 0 Å². The van der Waals surface area contributed by atoms with E-state index in [-0.39, 0.29) is 0 Å². The van der Waals surface area contributed by atoms with E-state index in [4.69, 9.17) is 5.11 Å². The van der Waals surface area contributed by atoms with Crippen LogP contribution in [0.25, 0.3) is 0 Å². The van der Waals surface area contributed by atoms with Crippen LogP contribution < -0.4 is 0 Å². The summed E-state index contributed by atoms with van der Waals surface area (Å²) in [6, 6.07) is 0. The lowest BCUT2D eigenvalue weighted by Crippen LogP contribution is -2.23. The SMILES string of the molecule is CC(C)CCCCCCCC(C)(C)C(=O)O. The van der Waals surface area contributed by atoms with Gasteiger partial charge in [-0.15, -0.1) is 0 Å². The molecular weight excluding hydrogens is 200 g/mol. The van der Waals surface area contributed by atoms with Crippen LogP contribution in [0.1, 0.15) is 72.6 Å². The first-order valence-corrected chi connectivity index (χ1v) is 6.59. The molecule has 0 saturated heterocycles. The Balaban J connectivity index is 3.37. The van der Waals surface area contributed by atoms with E-state index in [0.717, 1.165) is 18.8 Å². The van der Waals surface area contributed by atoms with Gasteiger partial charge in [-0.3, -0.25) is 4.79 Å². The second-order valence-corrected chi connectivity index (χ2v) is 5.89. The van der Waals surface area contributed by atoms with Crippen molar-refractivity contribution in [2.75, 3.05) is 0 Å². The van der Waals surface area contributed by atoms with Gasteiger partial charge in [0.25, 0.3) is 0 Å². The first-order valence-electron chi connectivity index (χ1n) is 6.59. The van der Waals surface area contributed by atoms with Gasteiger partial charge in [-0.05, 0) is 26.2 Å². The standard InChI is InChI=1S/C14H28O2/c1-12(2)10-8-6-5-7-9-11-14(3,4)13(15)16/h12H,5-11H2,1-4H3,(H,15,16). The molecule has 96 valence electrons. The number of carboxylic acids is 1. The van der Waals surface area contributed by atoms with Crippen molar-refractivity contribution in [3.63, 3.8) is 0 Å². The Hall–Kier alpha value is -0.530. The summed E-state index contributed by atoms with van der Waals surface area (Å²) in [6.07, 6.45) is 8.21. The fourth-order valence-corrected chi connectivity index (χ4v) is 1.76. The van der Waals surface area contributed by atoms with Gasteiger partial charge in [0, 0.05) is 0 Å². The Morgan fingerprint density at radius 3 is 2.06 bits per heavy atom. The van der Waals surface area contributed by atoms with E-state index in [1.54, 1.807) is 0 Å². The molecule has 1 N–H and O–H groups in total. The van der Waals surface area contributed by atoms with Crippen molar-refractivity contribution in [1.29, 1.82) is 0 Å². The lowest BCUT2D eigenvalue weighted by molar-refractivity contribution is -0.147. The summed E-state index contributed by atoms with van der Waals surface area (Å²) in [7, 11) is 0. The Labute approximate surface area is 100 Å². The molecule has 0 bridgehead atoms. The molecule has 0 fully saturated rings. The van der Waals surface area contributed by atoms with Gasteiger partial charge in [-0.25, -0.2) is 0 Å². The lowest BCUT2D eigenvalue weighted by Gasteiger charge is -2.18. The Kier molecular flexibility index (Phi) is 7.44. The second kappa shape index (κ2) is 7.70. The van der Waals surface area contributed by atoms with Crippen LogP contribution in [0.2, 0.25) is 0 Å². The molecule has 0 aliphatic carbocycles. The summed E-state index contributed by atoms with van der Waals surface area (Å²) in [5.74, 6) is 0.137. The summed E-state index contributed by atoms with van der Waals surface area (Å²) in [5, 5.41) is 8.94.